The molecule has 1 aliphatic rings. The predicted molar refractivity (Wildman–Crippen MR) is 149 cm³/mol. The lowest BCUT2D eigenvalue weighted by Crippen LogP contribution is -2.35. The van der Waals surface area contributed by atoms with Crippen molar-refractivity contribution in [3.8, 4) is 0 Å². The maximum atomic E-state index is 12.6. The van der Waals surface area contributed by atoms with Crippen LogP contribution < -0.4 is 10.2 Å². The number of aromatic nitrogens is 3. The summed E-state index contributed by atoms with van der Waals surface area (Å²) in [5.41, 5.74) is 4.60. The molecule has 1 amide bonds. The second-order valence-electron chi connectivity index (χ2n) is 9.76. The van der Waals surface area contributed by atoms with E-state index in [2.05, 4.69) is 24.8 Å². The second-order valence-corrected chi connectivity index (χ2v) is 9.76. The van der Waals surface area contributed by atoms with E-state index in [1.807, 2.05) is 38.1 Å². The number of carbonyl (C=O) groups is 3. The van der Waals surface area contributed by atoms with E-state index in [0.717, 1.165) is 35.4 Å². The Kier molecular flexibility index (Phi) is 8.79. The molecule has 220 valence electrons. The van der Waals surface area contributed by atoms with Gasteiger partial charge in [-0.2, -0.15) is 13.2 Å². The van der Waals surface area contributed by atoms with Gasteiger partial charge in [0.15, 0.2) is 5.65 Å². The molecule has 4 aromatic rings. The van der Waals surface area contributed by atoms with Gasteiger partial charge in [0.25, 0.3) is 5.91 Å². The standard InChI is InChI=1S/C27H27N5O3.C2HF3O2/c1-17-5-3-6-19(15-17)26(33)30-20-8-9-24(22(16-20)27(34)35)31-13-10-21(11-14-31)32-18(2)29-23-7-4-12-28-25(23)32;3-2(4,5)1(6)7/h3-9,12,15-16,21H,10-11,13-14H2,1-2H3,(H,30,33)(H,34,35);(H,6,7). The van der Waals surface area contributed by atoms with Gasteiger partial charge >= 0.3 is 18.1 Å². The van der Waals surface area contributed by atoms with Gasteiger partial charge in [0.05, 0.1) is 11.3 Å². The van der Waals surface area contributed by atoms with Gasteiger partial charge in [-0.1, -0.05) is 17.7 Å². The highest BCUT2D eigenvalue weighted by Gasteiger charge is 2.38. The summed E-state index contributed by atoms with van der Waals surface area (Å²) in [6.45, 7) is 5.35. The normalized spacial score (nSPS) is 13.8. The third-order valence-corrected chi connectivity index (χ3v) is 6.80. The fourth-order valence-electron chi connectivity index (χ4n) is 4.90. The molecular formula is C29H28F3N5O5. The van der Waals surface area contributed by atoms with Gasteiger partial charge in [0, 0.05) is 36.6 Å². The van der Waals surface area contributed by atoms with E-state index in [1.54, 1.807) is 30.5 Å². The van der Waals surface area contributed by atoms with E-state index in [-0.39, 0.29) is 17.5 Å². The molecule has 1 saturated heterocycles. The van der Waals surface area contributed by atoms with Gasteiger partial charge < -0.3 is 25.0 Å². The lowest BCUT2D eigenvalue weighted by atomic mass is 10.0. The molecule has 13 heteroatoms. The summed E-state index contributed by atoms with van der Waals surface area (Å²) in [5, 5.41) is 19.9. The average molecular weight is 584 g/mol. The van der Waals surface area contributed by atoms with Crippen LogP contribution in [0.4, 0.5) is 24.5 Å². The van der Waals surface area contributed by atoms with Crippen LogP contribution in [0, 0.1) is 13.8 Å². The molecule has 3 heterocycles. The zero-order chi connectivity index (χ0) is 30.6. The number of imidazole rings is 1. The molecule has 10 nitrogen and oxygen atoms in total. The molecule has 0 unspecified atom stereocenters. The number of piperidine rings is 1. The number of nitrogens with one attached hydrogen (secondary N) is 1. The maximum absolute atomic E-state index is 12.6. The van der Waals surface area contributed by atoms with E-state index in [4.69, 9.17) is 9.90 Å². The SMILES string of the molecule is Cc1cccc(C(=O)Nc2ccc(N3CCC(n4c(C)nc5cccnc54)CC3)c(C(=O)O)c2)c1.O=C(O)C(F)(F)F. The summed E-state index contributed by atoms with van der Waals surface area (Å²) in [5.74, 6) is -3.10. The molecule has 2 aromatic heterocycles. The number of carboxylic acids is 2. The van der Waals surface area contributed by atoms with E-state index in [0.29, 0.717) is 30.0 Å². The van der Waals surface area contributed by atoms with E-state index in [1.165, 1.54) is 6.07 Å². The van der Waals surface area contributed by atoms with Gasteiger partial charge in [-0.25, -0.2) is 19.6 Å². The van der Waals surface area contributed by atoms with Crippen molar-refractivity contribution in [1.82, 2.24) is 14.5 Å². The van der Waals surface area contributed by atoms with Crippen molar-refractivity contribution >= 4 is 40.4 Å². The number of aliphatic carboxylic acids is 1. The zero-order valence-corrected chi connectivity index (χ0v) is 22.7. The van der Waals surface area contributed by atoms with Gasteiger partial charge in [-0.15, -0.1) is 0 Å². The Hall–Kier alpha value is -4.94. The number of carbonyl (C=O) groups excluding carboxylic acids is 1. The summed E-state index contributed by atoms with van der Waals surface area (Å²) in [4.78, 5) is 44.9. The highest BCUT2D eigenvalue weighted by Crippen LogP contribution is 2.32. The molecule has 0 saturated carbocycles. The van der Waals surface area contributed by atoms with Crippen molar-refractivity contribution in [3.63, 3.8) is 0 Å². The Bertz CT molecular complexity index is 1630. The number of alkyl halides is 3. The van der Waals surface area contributed by atoms with Crippen molar-refractivity contribution < 1.29 is 37.8 Å². The van der Waals surface area contributed by atoms with Gasteiger partial charge in [0.1, 0.15) is 11.3 Å². The molecule has 1 aliphatic heterocycles. The molecule has 0 aliphatic carbocycles. The van der Waals surface area contributed by atoms with Crippen molar-refractivity contribution in [2.24, 2.45) is 0 Å². The number of hydrogen-bond acceptors (Lipinski definition) is 6. The lowest BCUT2D eigenvalue weighted by molar-refractivity contribution is -0.192. The molecule has 0 spiro atoms. The number of benzene rings is 2. The van der Waals surface area contributed by atoms with Gasteiger partial charge in [-0.3, -0.25) is 4.79 Å². The van der Waals surface area contributed by atoms with E-state index >= 15 is 0 Å². The molecule has 0 atom stereocenters. The van der Waals surface area contributed by atoms with Crippen molar-refractivity contribution in [3.05, 3.63) is 83.3 Å². The third kappa shape index (κ3) is 6.85. The first-order chi connectivity index (χ1) is 19.8. The topological polar surface area (TPSA) is 138 Å². The van der Waals surface area contributed by atoms with Crippen molar-refractivity contribution in [2.75, 3.05) is 23.3 Å². The number of aryl methyl sites for hydroxylation is 2. The summed E-state index contributed by atoms with van der Waals surface area (Å²) in [6.07, 6.45) is -1.59. The van der Waals surface area contributed by atoms with Crippen LogP contribution >= 0.6 is 0 Å². The number of halogens is 3. The fraction of sp³-hybridized carbons (Fsp3) is 0.276. The minimum atomic E-state index is -5.08. The van der Waals surface area contributed by atoms with Crippen LogP contribution in [0.15, 0.2) is 60.8 Å². The lowest BCUT2D eigenvalue weighted by Gasteiger charge is -2.35. The highest BCUT2D eigenvalue weighted by molar-refractivity contribution is 6.05. The van der Waals surface area contributed by atoms with Crippen LogP contribution in [0.1, 0.15) is 51.0 Å². The second kappa shape index (κ2) is 12.3. The molecule has 0 bridgehead atoms. The summed E-state index contributed by atoms with van der Waals surface area (Å²) in [6, 6.07) is 16.5. The number of hydrogen-bond donors (Lipinski definition) is 3. The summed E-state index contributed by atoms with van der Waals surface area (Å²) in [7, 11) is 0. The third-order valence-electron chi connectivity index (χ3n) is 6.80. The minimum Gasteiger partial charge on any atom is -0.478 e. The smallest absolute Gasteiger partial charge is 0.478 e. The number of fused-ring (bicyclic) bond motifs is 1. The summed E-state index contributed by atoms with van der Waals surface area (Å²) < 4.78 is 33.9. The van der Waals surface area contributed by atoms with Crippen molar-refractivity contribution in [1.29, 1.82) is 0 Å². The first kappa shape index (κ1) is 30.0. The average Bonchev–Trinajstić information content (AvgIpc) is 3.28. The molecule has 1 fully saturated rings. The van der Waals surface area contributed by atoms with E-state index in [9.17, 15) is 27.9 Å². The molecular weight excluding hydrogens is 555 g/mol. The van der Waals surface area contributed by atoms with Crippen LogP contribution in [0.25, 0.3) is 11.2 Å². The Morgan fingerprint density at radius 1 is 0.976 bits per heavy atom. The van der Waals surface area contributed by atoms with Gasteiger partial charge in [0.2, 0.25) is 0 Å². The van der Waals surface area contributed by atoms with Crippen LogP contribution in [0.5, 0.6) is 0 Å². The number of amides is 1. The number of carboxylic acid groups (broad SMARTS) is 2. The van der Waals surface area contributed by atoms with Crippen molar-refractivity contribution in [2.45, 2.75) is 38.9 Å². The molecule has 3 N–H and O–H groups in total. The Labute approximate surface area is 238 Å². The first-order valence-electron chi connectivity index (χ1n) is 12.9. The Morgan fingerprint density at radius 3 is 2.29 bits per heavy atom. The summed E-state index contributed by atoms with van der Waals surface area (Å²) >= 11 is 0. The van der Waals surface area contributed by atoms with Crippen LogP contribution in [-0.2, 0) is 4.79 Å². The van der Waals surface area contributed by atoms with Crippen LogP contribution in [-0.4, -0.2) is 61.9 Å². The molecule has 2 aromatic carbocycles. The van der Waals surface area contributed by atoms with E-state index < -0.39 is 18.1 Å². The minimum absolute atomic E-state index is 0.177. The monoisotopic (exact) mass is 583 g/mol. The Balaban J connectivity index is 0.000000517. The number of aromatic carboxylic acids is 1. The number of anilines is 2. The molecule has 5 rings (SSSR count). The quantitative estimate of drug-likeness (QED) is 0.281. The molecule has 0 radical (unpaired) electrons. The maximum Gasteiger partial charge on any atom is 0.490 e. The van der Waals surface area contributed by atoms with Gasteiger partial charge in [-0.05, 0) is 69.2 Å². The fourth-order valence-corrected chi connectivity index (χ4v) is 4.90. The van der Waals surface area contributed by atoms with Crippen LogP contribution in [0.3, 0.4) is 0 Å². The highest BCUT2D eigenvalue weighted by atomic mass is 19.4. The predicted octanol–water partition coefficient (Wildman–Crippen LogP) is 5.47. The number of pyridine rings is 1. The van der Waals surface area contributed by atoms with Crippen LogP contribution in [0.2, 0.25) is 0 Å². The largest absolute Gasteiger partial charge is 0.490 e. The number of nitrogens with zero attached hydrogens (tertiary/aromatic N) is 4. The molecule has 42 heavy (non-hydrogen) atoms. The zero-order valence-electron chi connectivity index (χ0n) is 22.7. The number of rotatable bonds is 5. The Morgan fingerprint density at radius 2 is 1.67 bits per heavy atom. The first-order valence-corrected chi connectivity index (χ1v) is 12.9.